The van der Waals surface area contributed by atoms with Gasteiger partial charge in [0.1, 0.15) is 0 Å². The normalized spacial score (nSPS) is 12.2. The van der Waals surface area contributed by atoms with Crippen LogP contribution in [0.1, 0.15) is 5.56 Å². The predicted octanol–water partition coefficient (Wildman–Crippen LogP) is 0.845. The van der Waals surface area contributed by atoms with Gasteiger partial charge in [0.15, 0.2) is 0 Å². The highest BCUT2D eigenvalue weighted by Gasteiger charge is 2.03. The zero-order chi connectivity index (χ0) is 14.1. The van der Waals surface area contributed by atoms with Crippen LogP contribution in [0.25, 0.3) is 0 Å². The molecule has 1 aromatic rings. The van der Waals surface area contributed by atoms with Crippen molar-refractivity contribution in [2.24, 2.45) is 5.73 Å². The Morgan fingerprint density at radius 3 is 2.95 bits per heavy atom. The van der Waals surface area contributed by atoms with E-state index in [1.54, 1.807) is 0 Å². The van der Waals surface area contributed by atoms with Crippen molar-refractivity contribution in [1.82, 2.24) is 10.6 Å². The molecule has 0 fully saturated rings. The molecule has 0 heterocycles. The third-order valence-corrected chi connectivity index (χ3v) is 3.26. The molecule has 0 aliphatic carbocycles. The number of thiol groups is 1. The van der Waals surface area contributed by atoms with Gasteiger partial charge in [-0.3, -0.25) is 4.79 Å². The summed E-state index contributed by atoms with van der Waals surface area (Å²) in [5.41, 5.74) is 6.78. The summed E-state index contributed by atoms with van der Waals surface area (Å²) < 4.78 is 0. The summed E-state index contributed by atoms with van der Waals surface area (Å²) >= 11 is 9.95. The van der Waals surface area contributed by atoms with Crippen LogP contribution in [0, 0.1) is 0 Å². The lowest BCUT2D eigenvalue weighted by Crippen LogP contribution is -2.41. The Morgan fingerprint density at radius 1 is 1.47 bits per heavy atom. The first kappa shape index (κ1) is 16.3. The third-order valence-electron chi connectivity index (χ3n) is 2.55. The van der Waals surface area contributed by atoms with Crippen molar-refractivity contribution in [3.63, 3.8) is 0 Å². The van der Waals surface area contributed by atoms with Crippen LogP contribution in [0.15, 0.2) is 24.3 Å². The summed E-state index contributed by atoms with van der Waals surface area (Å²) in [6, 6.07) is 7.60. The molecule has 1 amide bonds. The first-order valence-electron chi connectivity index (χ1n) is 6.20. The Morgan fingerprint density at radius 2 is 2.26 bits per heavy atom. The van der Waals surface area contributed by atoms with E-state index in [1.165, 1.54) is 0 Å². The van der Waals surface area contributed by atoms with E-state index in [2.05, 4.69) is 23.3 Å². The minimum absolute atomic E-state index is 0.0254. The number of benzene rings is 1. The summed E-state index contributed by atoms with van der Waals surface area (Å²) in [7, 11) is 0. The molecule has 4 nitrogen and oxygen atoms in total. The number of nitrogens with two attached hydrogens (primary N) is 1. The summed E-state index contributed by atoms with van der Waals surface area (Å²) in [6.07, 6.45) is 0.766. The van der Waals surface area contributed by atoms with Gasteiger partial charge in [-0.1, -0.05) is 23.7 Å². The Hall–Kier alpha value is -0.750. The summed E-state index contributed by atoms with van der Waals surface area (Å²) in [5, 5.41) is 6.54. The highest BCUT2D eigenvalue weighted by molar-refractivity contribution is 7.80. The molecular formula is C13H20ClN3OS. The molecule has 0 radical (unpaired) electrons. The fourth-order valence-corrected chi connectivity index (χ4v) is 1.88. The van der Waals surface area contributed by atoms with Crippen LogP contribution in [-0.4, -0.2) is 37.3 Å². The second kappa shape index (κ2) is 9.20. The topological polar surface area (TPSA) is 67.1 Å². The van der Waals surface area contributed by atoms with Crippen LogP contribution < -0.4 is 16.4 Å². The summed E-state index contributed by atoms with van der Waals surface area (Å²) in [6.45, 7) is 1.46. The molecule has 0 aromatic heterocycles. The number of hydrogen-bond donors (Lipinski definition) is 4. The van der Waals surface area contributed by atoms with E-state index < -0.39 is 0 Å². The van der Waals surface area contributed by atoms with Crippen molar-refractivity contribution in [1.29, 1.82) is 0 Å². The zero-order valence-corrected chi connectivity index (χ0v) is 12.4. The third kappa shape index (κ3) is 7.42. The van der Waals surface area contributed by atoms with E-state index in [-0.39, 0.29) is 18.5 Å². The highest BCUT2D eigenvalue weighted by Crippen LogP contribution is 2.10. The number of halogens is 1. The molecule has 0 saturated heterocycles. The van der Waals surface area contributed by atoms with E-state index in [0.717, 1.165) is 12.0 Å². The zero-order valence-electron chi connectivity index (χ0n) is 10.7. The Kier molecular flexibility index (Phi) is 7.90. The largest absolute Gasteiger partial charge is 0.355 e. The van der Waals surface area contributed by atoms with Crippen LogP contribution >= 0.6 is 24.2 Å². The predicted molar refractivity (Wildman–Crippen MR) is 82.9 cm³/mol. The lowest BCUT2D eigenvalue weighted by Gasteiger charge is -2.10. The van der Waals surface area contributed by atoms with Crippen molar-refractivity contribution < 1.29 is 4.79 Å². The molecule has 1 aromatic carbocycles. The number of carbonyl (C=O) groups is 1. The number of rotatable bonds is 8. The monoisotopic (exact) mass is 301 g/mol. The molecule has 4 N–H and O–H groups in total. The number of nitrogens with one attached hydrogen (secondary N) is 2. The lowest BCUT2D eigenvalue weighted by atomic mass is 10.1. The molecule has 0 bridgehead atoms. The fraction of sp³-hybridized carbons (Fsp3) is 0.462. The molecule has 1 rings (SSSR count). The van der Waals surface area contributed by atoms with E-state index >= 15 is 0 Å². The molecule has 1 atom stereocenters. The quantitative estimate of drug-likeness (QED) is 0.538. The SMILES string of the molecule is NC(CS)CNCC(=O)NCCc1cccc(Cl)c1. The molecule has 0 aliphatic rings. The molecule has 0 spiro atoms. The van der Waals surface area contributed by atoms with Crippen molar-refractivity contribution in [2.45, 2.75) is 12.5 Å². The van der Waals surface area contributed by atoms with E-state index in [9.17, 15) is 4.79 Å². The van der Waals surface area contributed by atoms with Gasteiger partial charge in [0.05, 0.1) is 6.54 Å². The molecule has 0 saturated carbocycles. The first-order chi connectivity index (χ1) is 9.11. The van der Waals surface area contributed by atoms with Crippen LogP contribution in [0.3, 0.4) is 0 Å². The molecule has 1 unspecified atom stereocenters. The smallest absolute Gasteiger partial charge is 0.233 e. The maximum absolute atomic E-state index is 11.5. The van der Waals surface area contributed by atoms with Crippen molar-refractivity contribution >= 4 is 30.1 Å². The number of amides is 1. The van der Waals surface area contributed by atoms with Crippen LogP contribution in [0.5, 0.6) is 0 Å². The van der Waals surface area contributed by atoms with Gasteiger partial charge in [-0.15, -0.1) is 0 Å². The molecule has 19 heavy (non-hydrogen) atoms. The van der Waals surface area contributed by atoms with Gasteiger partial charge >= 0.3 is 0 Å². The first-order valence-corrected chi connectivity index (χ1v) is 7.21. The molecule has 6 heteroatoms. The van der Waals surface area contributed by atoms with E-state index in [1.807, 2.05) is 24.3 Å². The molecule has 106 valence electrons. The fourth-order valence-electron chi connectivity index (χ4n) is 1.54. The van der Waals surface area contributed by atoms with Crippen molar-refractivity contribution in [2.75, 3.05) is 25.4 Å². The van der Waals surface area contributed by atoms with Gasteiger partial charge in [0, 0.05) is 29.9 Å². The second-order valence-corrected chi connectivity index (χ2v) is 5.11. The maximum Gasteiger partial charge on any atom is 0.233 e. The maximum atomic E-state index is 11.5. The second-order valence-electron chi connectivity index (χ2n) is 4.30. The number of hydrogen-bond acceptors (Lipinski definition) is 4. The van der Waals surface area contributed by atoms with Crippen LogP contribution in [0.4, 0.5) is 0 Å². The van der Waals surface area contributed by atoms with Gasteiger partial charge in [-0.2, -0.15) is 12.6 Å². The molecular weight excluding hydrogens is 282 g/mol. The van der Waals surface area contributed by atoms with E-state index in [4.69, 9.17) is 17.3 Å². The average Bonchev–Trinajstić information content (AvgIpc) is 2.38. The summed E-state index contributed by atoms with van der Waals surface area (Å²) in [4.78, 5) is 11.5. The van der Waals surface area contributed by atoms with Gasteiger partial charge in [0.2, 0.25) is 5.91 Å². The Balaban J connectivity index is 2.13. The Bertz CT molecular complexity index is 403. The van der Waals surface area contributed by atoms with Gasteiger partial charge < -0.3 is 16.4 Å². The lowest BCUT2D eigenvalue weighted by molar-refractivity contribution is -0.120. The van der Waals surface area contributed by atoms with Crippen molar-refractivity contribution in [3.05, 3.63) is 34.9 Å². The van der Waals surface area contributed by atoms with Gasteiger partial charge in [-0.25, -0.2) is 0 Å². The van der Waals surface area contributed by atoms with Gasteiger partial charge in [0.25, 0.3) is 0 Å². The summed E-state index contributed by atoms with van der Waals surface area (Å²) in [5.74, 6) is 0.567. The highest BCUT2D eigenvalue weighted by atomic mass is 35.5. The van der Waals surface area contributed by atoms with E-state index in [0.29, 0.717) is 23.9 Å². The Labute approximate surface area is 124 Å². The standard InChI is InChI=1S/C13H20ClN3OS/c14-11-3-1-2-10(6-11)4-5-17-13(18)8-16-7-12(15)9-19/h1-3,6,12,16,19H,4-5,7-9,15H2,(H,17,18). The number of carbonyl (C=O) groups excluding carboxylic acids is 1. The average molecular weight is 302 g/mol. The van der Waals surface area contributed by atoms with Crippen LogP contribution in [-0.2, 0) is 11.2 Å². The minimum Gasteiger partial charge on any atom is -0.355 e. The van der Waals surface area contributed by atoms with Gasteiger partial charge in [-0.05, 0) is 24.1 Å². The molecule has 0 aliphatic heterocycles. The van der Waals surface area contributed by atoms with Crippen molar-refractivity contribution in [3.8, 4) is 0 Å². The van der Waals surface area contributed by atoms with Crippen LogP contribution in [0.2, 0.25) is 5.02 Å². The minimum atomic E-state index is -0.0339.